The predicted molar refractivity (Wildman–Crippen MR) is 97.8 cm³/mol. The molecule has 0 N–H and O–H groups in total. The highest BCUT2D eigenvalue weighted by Gasteiger charge is 2.25. The Morgan fingerprint density at radius 2 is 1.84 bits per heavy atom. The molecule has 25 heavy (non-hydrogen) atoms. The Bertz CT molecular complexity index is 958. The van der Waals surface area contributed by atoms with E-state index in [1.165, 1.54) is 11.3 Å². The summed E-state index contributed by atoms with van der Waals surface area (Å²) in [6.07, 6.45) is 0. The topological polar surface area (TPSA) is 44.8 Å². The van der Waals surface area contributed by atoms with Crippen LogP contribution in [0.15, 0.2) is 48.5 Å². The molecule has 4 nitrogen and oxygen atoms in total. The van der Waals surface area contributed by atoms with Gasteiger partial charge in [-0.05, 0) is 37.3 Å². The number of carbonyl (C=O) groups excluding carboxylic acids is 1. The van der Waals surface area contributed by atoms with Gasteiger partial charge in [-0.1, -0.05) is 18.2 Å². The van der Waals surface area contributed by atoms with Crippen LogP contribution in [-0.2, 0) is 4.74 Å². The Hall–Kier alpha value is -2.79. The zero-order valence-electron chi connectivity index (χ0n) is 13.9. The molecule has 0 aliphatic carbocycles. The third-order valence-electron chi connectivity index (χ3n) is 4.04. The SMILES string of the molecule is CCOC(=O)c1cc2c(s1)-c1cc(OC)ccc1Oc1ccccc1-2. The van der Waals surface area contributed by atoms with Crippen LogP contribution < -0.4 is 9.47 Å². The number of hydrogen-bond acceptors (Lipinski definition) is 5. The number of benzene rings is 2. The molecule has 4 rings (SSSR count). The van der Waals surface area contributed by atoms with Crippen molar-refractivity contribution in [1.29, 1.82) is 0 Å². The maximum atomic E-state index is 12.2. The number of esters is 1. The first-order valence-corrected chi connectivity index (χ1v) is 8.79. The Kier molecular flexibility index (Phi) is 3.93. The largest absolute Gasteiger partial charge is 0.497 e. The van der Waals surface area contributed by atoms with Crippen molar-refractivity contribution < 1.29 is 19.0 Å². The zero-order valence-corrected chi connectivity index (χ0v) is 14.7. The van der Waals surface area contributed by atoms with Gasteiger partial charge in [0.05, 0.1) is 13.7 Å². The van der Waals surface area contributed by atoms with Gasteiger partial charge in [0.2, 0.25) is 0 Å². The second kappa shape index (κ2) is 6.26. The fraction of sp³-hybridized carbons (Fsp3) is 0.150. The Labute approximate surface area is 149 Å². The van der Waals surface area contributed by atoms with E-state index in [2.05, 4.69) is 0 Å². The summed E-state index contributed by atoms with van der Waals surface area (Å²) in [7, 11) is 1.63. The van der Waals surface area contributed by atoms with Gasteiger partial charge >= 0.3 is 5.97 Å². The minimum Gasteiger partial charge on any atom is -0.497 e. The molecule has 2 heterocycles. The molecule has 3 aromatic rings. The van der Waals surface area contributed by atoms with E-state index in [1.54, 1.807) is 14.0 Å². The van der Waals surface area contributed by atoms with Crippen molar-refractivity contribution in [1.82, 2.24) is 0 Å². The Morgan fingerprint density at radius 3 is 2.64 bits per heavy atom. The molecule has 0 spiro atoms. The summed E-state index contributed by atoms with van der Waals surface area (Å²) < 4.78 is 16.7. The third kappa shape index (κ3) is 2.66. The van der Waals surface area contributed by atoms with Crippen LogP contribution in [0, 0.1) is 0 Å². The Balaban J connectivity index is 1.97. The van der Waals surface area contributed by atoms with Gasteiger partial charge in [0.1, 0.15) is 22.1 Å². The van der Waals surface area contributed by atoms with Crippen molar-refractivity contribution >= 4 is 17.3 Å². The molecule has 5 heteroatoms. The minimum absolute atomic E-state index is 0.302. The maximum Gasteiger partial charge on any atom is 0.348 e. The number of hydrogen-bond donors (Lipinski definition) is 0. The number of carbonyl (C=O) groups is 1. The molecule has 0 fully saturated rings. The molecular weight excluding hydrogens is 336 g/mol. The van der Waals surface area contributed by atoms with Gasteiger partial charge in [-0.25, -0.2) is 4.79 Å². The monoisotopic (exact) mass is 352 g/mol. The van der Waals surface area contributed by atoms with Crippen LogP contribution in [0.3, 0.4) is 0 Å². The first-order valence-electron chi connectivity index (χ1n) is 7.98. The normalized spacial score (nSPS) is 11.4. The molecule has 0 unspecified atom stereocenters. The van der Waals surface area contributed by atoms with Crippen molar-refractivity contribution in [2.24, 2.45) is 0 Å². The number of methoxy groups -OCH3 is 1. The van der Waals surface area contributed by atoms with Gasteiger partial charge in [-0.3, -0.25) is 0 Å². The van der Waals surface area contributed by atoms with E-state index in [9.17, 15) is 4.79 Å². The average molecular weight is 352 g/mol. The van der Waals surface area contributed by atoms with Crippen LogP contribution >= 0.6 is 11.3 Å². The van der Waals surface area contributed by atoms with Gasteiger partial charge in [0.15, 0.2) is 0 Å². The van der Waals surface area contributed by atoms with E-state index < -0.39 is 0 Å². The van der Waals surface area contributed by atoms with Crippen molar-refractivity contribution in [2.45, 2.75) is 6.92 Å². The van der Waals surface area contributed by atoms with Crippen LogP contribution in [0.4, 0.5) is 0 Å². The summed E-state index contributed by atoms with van der Waals surface area (Å²) in [5.74, 6) is 1.94. The van der Waals surface area contributed by atoms with Crippen LogP contribution in [0.5, 0.6) is 17.2 Å². The Morgan fingerprint density at radius 1 is 1.04 bits per heavy atom. The van der Waals surface area contributed by atoms with Gasteiger partial charge in [0, 0.05) is 21.6 Å². The van der Waals surface area contributed by atoms with E-state index in [4.69, 9.17) is 14.2 Å². The summed E-state index contributed by atoms with van der Waals surface area (Å²) in [5, 5.41) is 0. The number of rotatable bonds is 3. The molecule has 126 valence electrons. The first-order chi connectivity index (χ1) is 12.2. The van der Waals surface area contributed by atoms with Crippen molar-refractivity contribution in [3.63, 3.8) is 0 Å². The third-order valence-corrected chi connectivity index (χ3v) is 5.19. The highest BCUT2D eigenvalue weighted by Crippen LogP contribution is 2.50. The minimum atomic E-state index is -0.302. The quantitative estimate of drug-likeness (QED) is 0.465. The van der Waals surface area contributed by atoms with Crippen LogP contribution in [0.2, 0.25) is 0 Å². The van der Waals surface area contributed by atoms with Gasteiger partial charge < -0.3 is 14.2 Å². The van der Waals surface area contributed by atoms with Crippen LogP contribution in [0.25, 0.3) is 21.6 Å². The summed E-state index contributed by atoms with van der Waals surface area (Å²) in [4.78, 5) is 13.8. The molecule has 0 radical (unpaired) electrons. The second-order valence-electron chi connectivity index (χ2n) is 5.53. The highest BCUT2D eigenvalue weighted by atomic mass is 32.1. The molecule has 1 aromatic heterocycles. The van der Waals surface area contributed by atoms with Crippen LogP contribution in [0.1, 0.15) is 16.6 Å². The number of thiophene rings is 1. The highest BCUT2D eigenvalue weighted by molar-refractivity contribution is 7.18. The average Bonchev–Trinajstić information content (AvgIpc) is 3.03. The van der Waals surface area contributed by atoms with Crippen molar-refractivity contribution in [3.05, 3.63) is 53.4 Å². The maximum absolute atomic E-state index is 12.2. The van der Waals surface area contributed by atoms with Gasteiger partial charge in [0.25, 0.3) is 0 Å². The smallest absolute Gasteiger partial charge is 0.348 e. The molecule has 1 aliphatic rings. The summed E-state index contributed by atoms with van der Waals surface area (Å²) in [6, 6.07) is 15.4. The summed E-state index contributed by atoms with van der Waals surface area (Å²) in [6.45, 7) is 2.16. The molecule has 2 aromatic carbocycles. The number of ether oxygens (including phenoxy) is 3. The van der Waals surface area contributed by atoms with Crippen LogP contribution in [-0.4, -0.2) is 19.7 Å². The van der Waals surface area contributed by atoms with E-state index in [-0.39, 0.29) is 5.97 Å². The van der Waals surface area contributed by atoms with Crippen molar-refractivity contribution in [3.8, 4) is 38.8 Å². The van der Waals surface area contributed by atoms with Gasteiger partial charge in [-0.2, -0.15) is 0 Å². The molecule has 0 amide bonds. The molecule has 0 saturated carbocycles. The van der Waals surface area contributed by atoms with Crippen molar-refractivity contribution in [2.75, 3.05) is 13.7 Å². The lowest BCUT2D eigenvalue weighted by atomic mass is 10.0. The lowest BCUT2D eigenvalue weighted by Crippen LogP contribution is -2.01. The molecule has 0 bridgehead atoms. The van der Waals surface area contributed by atoms with E-state index in [0.29, 0.717) is 11.5 Å². The number of fused-ring (bicyclic) bond motifs is 5. The zero-order chi connectivity index (χ0) is 17.4. The molecule has 0 atom stereocenters. The van der Waals surface area contributed by atoms with E-state index >= 15 is 0 Å². The molecular formula is C20H16O4S. The number of para-hydroxylation sites is 1. The fourth-order valence-corrected chi connectivity index (χ4v) is 3.98. The lowest BCUT2D eigenvalue weighted by molar-refractivity contribution is 0.0532. The lowest BCUT2D eigenvalue weighted by Gasteiger charge is -2.10. The van der Waals surface area contributed by atoms with E-state index in [0.717, 1.165) is 38.8 Å². The van der Waals surface area contributed by atoms with Gasteiger partial charge in [-0.15, -0.1) is 11.3 Å². The fourth-order valence-electron chi connectivity index (χ4n) is 2.89. The second-order valence-corrected chi connectivity index (χ2v) is 6.59. The summed E-state index contributed by atoms with van der Waals surface area (Å²) in [5.41, 5.74) is 2.83. The summed E-state index contributed by atoms with van der Waals surface area (Å²) >= 11 is 1.41. The first kappa shape index (κ1) is 15.7. The molecule has 0 saturated heterocycles. The van der Waals surface area contributed by atoms with E-state index in [1.807, 2.05) is 48.5 Å². The standard InChI is InChI=1S/C20H16O4S/c1-3-23-20(21)18-11-14-13-6-4-5-7-16(13)24-17-9-8-12(22-2)10-15(17)19(14)25-18/h4-11H,3H2,1-2H3. The molecule has 1 aliphatic heterocycles. The predicted octanol–water partition coefficient (Wildman–Crippen LogP) is 5.37.